The highest BCUT2D eigenvalue weighted by atomic mass is 16.5. The first kappa shape index (κ1) is 34.6. The quantitative estimate of drug-likeness (QED) is 0.340. The Kier molecular flexibility index (Phi) is 12.7. The van der Waals surface area contributed by atoms with Crippen LogP contribution in [0.1, 0.15) is 80.9 Å². The van der Waals surface area contributed by atoms with Crippen molar-refractivity contribution in [3.8, 4) is 0 Å². The van der Waals surface area contributed by atoms with E-state index in [0.29, 0.717) is 64.8 Å². The van der Waals surface area contributed by atoms with E-state index in [1.165, 1.54) is 6.26 Å². The van der Waals surface area contributed by atoms with E-state index in [1.807, 2.05) is 51.1 Å². The Bertz CT molecular complexity index is 1340. The molecule has 1 fully saturated rings. The number of piperidine rings is 1. The van der Waals surface area contributed by atoms with Crippen molar-refractivity contribution in [1.29, 1.82) is 0 Å². The Labute approximate surface area is 269 Å². The normalized spacial score (nSPS) is 22.1. The fourth-order valence-corrected chi connectivity index (χ4v) is 5.65. The number of benzene rings is 1. The molecule has 0 spiro atoms. The Morgan fingerprint density at radius 3 is 2.48 bits per heavy atom. The molecule has 3 heterocycles. The predicted octanol–water partition coefficient (Wildman–Crippen LogP) is 1.89. The number of carbonyl (C=O) groups excluding carboxylic acids is 5. The lowest BCUT2D eigenvalue weighted by Gasteiger charge is -2.32. The number of fused-ring (bicyclic) bond motifs is 2. The van der Waals surface area contributed by atoms with Crippen molar-refractivity contribution in [2.24, 2.45) is 11.8 Å². The van der Waals surface area contributed by atoms with E-state index in [0.717, 1.165) is 5.56 Å². The van der Waals surface area contributed by atoms with E-state index in [9.17, 15) is 24.0 Å². The van der Waals surface area contributed by atoms with Crippen LogP contribution in [-0.4, -0.2) is 84.4 Å². The molecule has 4 rings (SSSR count). The summed E-state index contributed by atoms with van der Waals surface area (Å²) in [5.41, 5.74) is 1.03. The molecule has 0 radical (unpaired) electrons. The number of carbonyl (C=O) groups is 5. The van der Waals surface area contributed by atoms with Gasteiger partial charge in [-0.05, 0) is 50.5 Å². The Hall–Kier alpha value is -4.26. The highest BCUT2D eigenvalue weighted by molar-refractivity contribution is 5.93. The Morgan fingerprint density at radius 1 is 1.04 bits per heavy atom. The number of aromatic nitrogens is 1. The van der Waals surface area contributed by atoms with Gasteiger partial charge in [0.1, 0.15) is 31.0 Å². The number of nitrogens with one attached hydrogen (secondary N) is 4. The molecule has 0 saturated carbocycles. The van der Waals surface area contributed by atoms with Crippen molar-refractivity contribution in [2.75, 3.05) is 32.8 Å². The summed E-state index contributed by atoms with van der Waals surface area (Å²) in [6.07, 6.45) is 3.99. The molecule has 0 unspecified atom stereocenters. The fraction of sp³-hybridized carbons (Fsp3) is 0.576. The summed E-state index contributed by atoms with van der Waals surface area (Å²) in [6, 6.07) is 7.01. The van der Waals surface area contributed by atoms with Crippen molar-refractivity contribution >= 4 is 29.5 Å². The summed E-state index contributed by atoms with van der Waals surface area (Å²) in [6.45, 7) is 7.18. The van der Waals surface area contributed by atoms with Gasteiger partial charge in [-0.25, -0.2) is 4.98 Å². The molecule has 1 aromatic heterocycles. The van der Waals surface area contributed by atoms with Gasteiger partial charge in [-0.1, -0.05) is 44.2 Å². The maximum Gasteiger partial charge on any atom is 0.273 e. The molecule has 13 nitrogen and oxygen atoms in total. The number of rotatable bonds is 8. The van der Waals surface area contributed by atoms with Crippen LogP contribution in [0.15, 0.2) is 41.0 Å². The van der Waals surface area contributed by atoms with Gasteiger partial charge in [-0.15, -0.1) is 0 Å². The zero-order chi connectivity index (χ0) is 33.1. The second kappa shape index (κ2) is 16.9. The maximum atomic E-state index is 13.7. The Morgan fingerprint density at radius 2 is 1.78 bits per heavy atom. The van der Waals surface area contributed by atoms with E-state index in [-0.39, 0.29) is 41.8 Å². The van der Waals surface area contributed by atoms with Crippen LogP contribution in [0.5, 0.6) is 0 Å². The largest absolute Gasteiger partial charge is 0.446 e. The van der Waals surface area contributed by atoms with Crippen molar-refractivity contribution < 1.29 is 33.1 Å². The number of amides is 5. The summed E-state index contributed by atoms with van der Waals surface area (Å²) in [5, 5.41) is 11.6. The van der Waals surface area contributed by atoms with Crippen LogP contribution in [0.25, 0.3) is 0 Å². The summed E-state index contributed by atoms with van der Waals surface area (Å²) >= 11 is 0. The van der Waals surface area contributed by atoms with Crippen LogP contribution >= 0.6 is 0 Å². The monoisotopic (exact) mass is 638 g/mol. The van der Waals surface area contributed by atoms with Crippen LogP contribution in [0.3, 0.4) is 0 Å². The van der Waals surface area contributed by atoms with Crippen molar-refractivity contribution in [1.82, 2.24) is 31.2 Å². The number of oxazole rings is 1. The molecule has 5 amide bonds. The predicted molar refractivity (Wildman–Crippen MR) is 168 cm³/mol. The van der Waals surface area contributed by atoms with Crippen LogP contribution in [0, 0.1) is 11.8 Å². The first-order chi connectivity index (χ1) is 22.2. The molecule has 13 heteroatoms. The lowest BCUT2D eigenvalue weighted by molar-refractivity contribution is -0.140. The van der Waals surface area contributed by atoms with Crippen LogP contribution in [0.4, 0.5) is 0 Å². The second-order valence-electron chi connectivity index (χ2n) is 12.2. The third-order valence-corrected chi connectivity index (χ3v) is 8.38. The number of hydrogen-bond acceptors (Lipinski definition) is 8. The van der Waals surface area contributed by atoms with Crippen molar-refractivity contribution in [3.63, 3.8) is 0 Å². The summed E-state index contributed by atoms with van der Waals surface area (Å²) in [5.74, 6) is -2.10. The summed E-state index contributed by atoms with van der Waals surface area (Å²) < 4.78 is 10.9. The average molecular weight is 639 g/mol. The van der Waals surface area contributed by atoms with E-state index in [4.69, 9.17) is 9.15 Å². The van der Waals surface area contributed by atoms with E-state index in [1.54, 1.807) is 4.90 Å². The number of hydrogen-bond donors (Lipinski definition) is 4. The third kappa shape index (κ3) is 9.62. The zero-order valence-electron chi connectivity index (χ0n) is 26.9. The molecular weight excluding hydrogens is 592 g/mol. The first-order valence-electron chi connectivity index (χ1n) is 16.2. The molecule has 2 aliphatic rings. The molecular formula is C33H46N6O7. The molecule has 2 aliphatic heterocycles. The SMILES string of the molecule is CCOCC(=O)N1CCC(C(=O)N[C@H]2CCCCNC(=O)c3coc(n3)[C@@H](Cc3ccccc3)NC(=O)[C@H](C(C)C)NC2=O)CC1. The van der Waals surface area contributed by atoms with Crippen LogP contribution in [-0.2, 0) is 30.3 Å². The minimum Gasteiger partial charge on any atom is -0.446 e. The van der Waals surface area contributed by atoms with E-state index in [2.05, 4.69) is 26.3 Å². The van der Waals surface area contributed by atoms with Gasteiger partial charge in [0.15, 0.2) is 5.69 Å². The average Bonchev–Trinajstić information content (AvgIpc) is 3.55. The lowest BCUT2D eigenvalue weighted by atomic mass is 9.95. The molecule has 250 valence electrons. The highest BCUT2D eigenvalue weighted by Crippen LogP contribution is 2.21. The fourth-order valence-electron chi connectivity index (χ4n) is 5.65. The Balaban J connectivity index is 1.48. The van der Waals surface area contributed by atoms with Crippen LogP contribution in [0.2, 0.25) is 0 Å². The minimum absolute atomic E-state index is 0.0202. The van der Waals surface area contributed by atoms with Gasteiger partial charge in [0.25, 0.3) is 5.91 Å². The molecule has 3 atom stereocenters. The third-order valence-electron chi connectivity index (χ3n) is 8.38. The standard InChI is InChI=1S/C33H46N6O7/c1-4-45-20-27(40)39-16-13-23(14-17-39)29(41)35-24-12-8-9-15-34-30(42)26-19-46-33(37-26)25(18-22-10-6-5-7-11-22)36-32(44)28(21(2)3)38-31(24)43/h5-7,10-11,19,21,23-25,28H,4,8-9,12-18,20H2,1-3H3,(H,34,42)(H,35,41)(H,36,44)(H,38,43)/t24-,25+,28-/m0/s1. The molecule has 46 heavy (non-hydrogen) atoms. The van der Waals surface area contributed by atoms with Gasteiger partial charge in [0.2, 0.25) is 29.5 Å². The number of ether oxygens (including phenoxy) is 1. The molecule has 2 aromatic rings. The second-order valence-corrected chi connectivity index (χ2v) is 12.2. The molecule has 4 N–H and O–H groups in total. The lowest BCUT2D eigenvalue weighted by Crippen LogP contribution is -2.56. The van der Waals surface area contributed by atoms with E-state index >= 15 is 0 Å². The topological polar surface area (TPSA) is 172 Å². The number of likely N-dealkylation sites (tertiary alicyclic amines) is 1. The van der Waals surface area contributed by atoms with Gasteiger partial charge in [-0.3, -0.25) is 24.0 Å². The van der Waals surface area contributed by atoms with Gasteiger partial charge in [0, 0.05) is 38.6 Å². The molecule has 1 saturated heterocycles. The minimum atomic E-state index is -0.907. The molecule has 1 aromatic carbocycles. The van der Waals surface area contributed by atoms with Crippen molar-refractivity contribution in [3.05, 3.63) is 53.7 Å². The highest BCUT2D eigenvalue weighted by Gasteiger charge is 2.34. The first-order valence-corrected chi connectivity index (χ1v) is 16.2. The molecule has 2 bridgehead atoms. The maximum absolute atomic E-state index is 13.7. The summed E-state index contributed by atoms with van der Waals surface area (Å²) in [7, 11) is 0. The van der Waals surface area contributed by atoms with Gasteiger partial charge in [-0.2, -0.15) is 0 Å². The number of nitrogens with zero attached hydrogens (tertiary/aromatic N) is 2. The molecule has 0 aliphatic carbocycles. The van der Waals surface area contributed by atoms with E-state index < -0.39 is 35.8 Å². The van der Waals surface area contributed by atoms with Gasteiger partial charge < -0.3 is 35.3 Å². The van der Waals surface area contributed by atoms with Crippen LogP contribution < -0.4 is 21.3 Å². The smallest absolute Gasteiger partial charge is 0.273 e. The van der Waals surface area contributed by atoms with Gasteiger partial charge in [0.05, 0.1) is 0 Å². The zero-order valence-corrected chi connectivity index (χ0v) is 26.9. The van der Waals surface area contributed by atoms with Crippen molar-refractivity contribution in [2.45, 2.75) is 77.4 Å². The summed E-state index contributed by atoms with van der Waals surface area (Å²) in [4.78, 5) is 71.9. The van der Waals surface area contributed by atoms with Gasteiger partial charge >= 0.3 is 0 Å².